The number of hydrogen-bond acceptors (Lipinski definition) is 5. The molecule has 3 aromatic rings. The molecule has 0 spiro atoms. The Morgan fingerprint density at radius 3 is 2.69 bits per heavy atom. The monoisotopic (exact) mass is 436 g/mol. The highest BCUT2D eigenvalue weighted by molar-refractivity contribution is 5.86. The highest BCUT2D eigenvalue weighted by atomic mass is 19.1. The Bertz CT molecular complexity index is 1140. The summed E-state index contributed by atoms with van der Waals surface area (Å²) in [4.78, 5) is 19.1. The maximum atomic E-state index is 14.0. The predicted molar refractivity (Wildman–Crippen MR) is 118 cm³/mol. The molecule has 0 bridgehead atoms. The number of carbonyl (C=O) groups is 1. The molecule has 1 atom stereocenters. The number of benzene rings is 2. The van der Waals surface area contributed by atoms with E-state index in [1.807, 2.05) is 38.1 Å². The van der Waals surface area contributed by atoms with Gasteiger partial charge in [-0.3, -0.25) is 4.90 Å². The number of hydrogen-bond donors (Lipinski definition) is 1. The molecule has 1 aliphatic rings. The molecule has 1 N–H and O–H groups in total. The molecule has 0 saturated heterocycles. The van der Waals surface area contributed by atoms with Crippen LogP contribution in [0.15, 0.2) is 58.8 Å². The van der Waals surface area contributed by atoms with Crippen LogP contribution in [0.1, 0.15) is 36.4 Å². The summed E-state index contributed by atoms with van der Waals surface area (Å²) >= 11 is 0. The van der Waals surface area contributed by atoms with Gasteiger partial charge < -0.3 is 14.6 Å². The molecule has 2 heterocycles. The van der Waals surface area contributed by atoms with Crippen molar-refractivity contribution in [2.45, 2.75) is 26.3 Å². The van der Waals surface area contributed by atoms with Gasteiger partial charge in [0.15, 0.2) is 0 Å². The number of nitrogens with one attached hydrogen (secondary N) is 1. The number of urea groups is 1. The van der Waals surface area contributed by atoms with Crippen LogP contribution >= 0.6 is 0 Å². The fraction of sp³-hybridized carbons (Fsp3) is 0.292. The lowest BCUT2D eigenvalue weighted by Crippen LogP contribution is -2.46. The van der Waals surface area contributed by atoms with E-state index in [2.05, 4.69) is 15.5 Å². The lowest BCUT2D eigenvalue weighted by Gasteiger charge is -2.35. The Hall–Kier alpha value is -3.52. The van der Waals surface area contributed by atoms with E-state index in [9.17, 15) is 9.18 Å². The van der Waals surface area contributed by atoms with Crippen molar-refractivity contribution in [3.8, 4) is 11.4 Å². The minimum atomic E-state index is -0.622. The van der Waals surface area contributed by atoms with E-state index in [-0.39, 0.29) is 17.7 Å². The molecular weight excluding hydrogens is 411 g/mol. The first kappa shape index (κ1) is 21.7. The van der Waals surface area contributed by atoms with Gasteiger partial charge in [0.05, 0.1) is 11.6 Å². The van der Waals surface area contributed by atoms with Crippen molar-refractivity contribution in [2.75, 3.05) is 20.3 Å². The number of nitrogens with zero attached hydrogens (tertiary/aromatic N) is 3. The van der Waals surface area contributed by atoms with Crippen molar-refractivity contribution in [3.63, 3.8) is 0 Å². The topological polar surface area (TPSA) is 80.5 Å². The van der Waals surface area contributed by atoms with Crippen molar-refractivity contribution >= 4 is 11.6 Å². The standard InChI is InChI=1S/C24H25FN4O3/c1-15-8-10-17(11-9-15)22-27-23(32-28-22)20-16(2)29(12-5-13-31-3)24(30)26-21(20)18-6-4-7-19(25)14-18/h4,6-11,14,21H,5,12-13H2,1-3H3,(H,26,30). The normalized spacial score (nSPS) is 16.4. The molecule has 1 aliphatic heterocycles. The van der Waals surface area contributed by atoms with Gasteiger partial charge in [-0.2, -0.15) is 4.98 Å². The van der Waals surface area contributed by atoms with Gasteiger partial charge in [0, 0.05) is 31.5 Å². The van der Waals surface area contributed by atoms with Crippen molar-refractivity contribution in [1.29, 1.82) is 0 Å². The van der Waals surface area contributed by atoms with Gasteiger partial charge in [-0.25, -0.2) is 9.18 Å². The zero-order valence-electron chi connectivity index (χ0n) is 18.3. The van der Waals surface area contributed by atoms with Gasteiger partial charge in [-0.1, -0.05) is 47.1 Å². The maximum Gasteiger partial charge on any atom is 0.322 e. The molecular formula is C24H25FN4O3. The number of allylic oxidation sites excluding steroid dienone is 1. The summed E-state index contributed by atoms with van der Waals surface area (Å²) in [6.45, 7) is 4.83. The number of amides is 2. The Kier molecular flexibility index (Phi) is 6.32. The van der Waals surface area contributed by atoms with Crippen molar-refractivity contribution in [1.82, 2.24) is 20.4 Å². The first-order valence-corrected chi connectivity index (χ1v) is 10.4. The smallest absolute Gasteiger partial charge is 0.322 e. The van der Waals surface area contributed by atoms with Gasteiger partial charge in [-0.05, 0) is 38.0 Å². The lowest BCUT2D eigenvalue weighted by atomic mass is 9.94. The van der Waals surface area contributed by atoms with Crippen LogP contribution in [-0.2, 0) is 4.74 Å². The number of rotatable bonds is 7. The molecule has 1 aromatic heterocycles. The van der Waals surface area contributed by atoms with Gasteiger partial charge in [0.2, 0.25) is 5.82 Å². The van der Waals surface area contributed by atoms with E-state index < -0.39 is 6.04 Å². The molecule has 0 saturated carbocycles. The molecule has 8 heteroatoms. The summed E-state index contributed by atoms with van der Waals surface area (Å²) in [5.41, 5.74) is 3.86. The van der Waals surface area contributed by atoms with Crippen LogP contribution in [-0.4, -0.2) is 41.3 Å². The van der Waals surface area contributed by atoms with Crippen molar-refractivity contribution in [2.24, 2.45) is 0 Å². The summed E-state index contributed by atoms with van der Waals surface area (Å²) in [6.07, 6.45) is 0.664. The first-order valence-electron chi connectivity index (χ1n) is 10.4. The third kappa shape index (κ3) is 4.40. The minimum absolute atomic E-state index is 0.269. The summed E-state index contributed by atoms with van der Waals surface area (Å²) in [7, 11) is 1.62. The van der Waals surface area contributed by atoms with E-state index in [0.29, 0.717) is 42.2 Å². The average molecular weight is 436 g/mol. The molecule has 2 amide bonds. The van der Waals surface area contributed by atoms with Crippen LogP contribution in [0.2, 0.25) is 0 Å². The summed E-state index contributed by atoms with van der Waals surface area (Å²) in [5, 5.41) is 7.11. The van der Waals surface area contributed by atoms with Crippen LogP contribution in [0.5, 0.6) is 0 Å². The highest BCUT2D eigenvalue weighted by Crippen LogP contribution is 2.37. The predicted octanol–water partition coefficient (Wildman–Crippen LogP) is 4.72. The summed E-state index contributed by atoms with van der Waals surface area (Å²) in [5.74, 6) is 0.340. The van der Waals surface area contributed by atoms with Crippen LogP contribution in [0.25, 0.3) is 17.0 Å². The summed E-state index contributed by atoms with van der Waals surface area (Å²) in [6, 6.07) is 13.1. The lowest BCUT2D eigenvalue weighted by molar-refractivity contribution is 0.174. The van der Waals surface area contributed by atoms with Crippen LogP contribution in [0.3, 0.4) is 0 Å². The quantitative estimate of drug-likeness (QED) is 0.542. The minimum Gasteiger partial charge on any atom is -0.385 e. The van der Waals surface area contributed by atoms with E-state index in [1.165, 1.54) is 12.1 Å². The van der Waals surface area contributed by atoms with Gasteiger partial charge in [0.25, 0.3) is 5.89 Å². The molecule has 7 nitrogen and oxygen atoms in total. The Morgan fingerprint density at radius 2 is 1.97 bits per heavy atom. The first-order chi connectivity index (χ1) is 15.5. The third-order valence-electron chi connectivity index (χ3n) is 5.47. The zero-order valence-corrected chi connectivity index (χ0v) is 18.3. The largest absolute Gasteiger partial charge is 0.385 e. The van der Waals surface area contributed by atoms with Gasteiger partial charge >= 0.3 is 6.03 Å². The fourth-order valence-electron chi connectivity index (χ4n) is 3.78. The number of aromatic nitrogens is 2. The van der Waals surface area contributed by atoms with E-state index in [4.69, 9.17) is 9.26 Å². The van der Waals surface area contributed by atoms with Crippen molar-refractivity contribution < 1.29 is 18.4 Å². The number of methoxy groups -OCH3 is 1. The van der Waals surface area contributed by atoms with Gasteiger partial charge in [0.1, 0.15) is 5.82 Å². The number of halogens is 1. The number of carbonyl (C=O) groups excluding carboxylic acids is 1. The number of ether oxygens (including phenoxy) is 1. The highest BCUT2D eigenvalue weighted by Gasteiger charge is 2.35. The van der Waals surface area contributed by atoms with Crippen LogP contribution in [0.4, 0.5) is 9.18 Å². The second kappa shape index (κ2) is 9.32. The molecule has 1 unspecified atom stereocenters. The Balaban J connectivity index is 1.77. The van der Waals surface area contributed by atoms with Crippen molar-refractivity contribution in [3.05, 3.63) is 77.1 Å². The number of aryl methyl sites for hydroxylation is 1. The maximum absolute atomic E-state index is 14.0. The van der Waals surface area contributed by atoms with E-state index in [0.717, 1.165) is 11.1 Å². The SMILES string of the molecule is COCCCN1C(=O)NC(c2cccc(F)c2)C(c2nc(-c3ccc(C)cc3)no2)=C1C. The fourth-order valence-corrected chi connectivity index (χ4v) is 3.78. The van der Waals surface area contributed by atoms with E-state index in [1.54, 1.807) is 24.1 Å². The zero-order chi connectivity index (χ0) is 22.7. The second-order valence-electron chi connectivity index (χ2n) is 7.72. The Labute approximate surface area is 185 Å². The van der Waals surface area contributed by atoms with Gasteiger partial charge in [-0.15, -0.1) is 0 Å². The van der Waals surface area contributed by atoms with Crippen LogP contribution in [0, 0.1) is 12.7 Å². The second-order valence-corrected chi connectivity index (χ2v) is 7.72. The summed E-state index contributed by atoms with van der Waals surface area (Å²) < 4.78 is 24.7. The molecule has 0 fully saturated rings. The molecule has 166 valence electrons. The van der Waals surface area contributed by atoms with E-state index >= 15 is 0 Å². The molecule has 0 radical (unpaired) electrons. The molecule has 4 rings (SSSR count). The third-order valence-corrected chi connectivity index (χ3v) is 5.47. The molecule has 2 aromatic carbocycles. The molecule has 32 heavy (non-hydrogen) atoms. The van der Waals surface area contributed by atoms with Crippen LogP contribution < -0.4 is 5.32 Å². The average Bonchev–Trinajstić information content (AvgIpc) is 3.26. The Morgan fingerprint density at radius 1 is 1.19 bits per heavy atom. The molecule has 0 aliphatic carbocycles.